The normalized spacial score (nSPS) is 18.6. The predicted octanol–water partition coefficient (Wildman–Crippen LogP) is 4.27. The Bertz CT molecular complexity index is 1850. The fourth-order valence-electron chi connectivity index (χ4n) is 6.21. The lowest BCUT2D eigenvalue weighted by atomic mass is 9.63. The molecule has 1 fully saturated rings. The first kappa shape index (κ1) is 32.5. The summed E-state index contributed by atoms with van der Waals surface area (Å²) < 4.78 is 24.8. The quantitative estimate of drug-likeness (QED) is 0.148. The summed E-state index contributed by atoms with van der Waals surface area (Å²) in [6, 6.07) is 33.6. The number of aliphatic hydroxyl groups excluding tert-OH is 2. The van der Waals surface area contributed by atoms with Crippen LogP contribution in [0.25, 0.3) is 0 Å². The third kappa shape index (κ3) is 5.90. The van der Waals surface area contributed by atoms with Crippen molar-refractivity contribution < 1.29 is 34.0 Å². The number of anilines is 1. The summed E-state index contributed by atoms with van der Waals surface area (Å²) in [7, 11) is 3.12. The van der Waals surface area contributed by atoms with Gasteiger partial charge in [0.05, 0.1) is 25.2 Å². The number of carbonyl (C=O) groups is 1. The first-order valence-corrected chi connectivity index (χ1v) is 15.1. The molecule has 1 unspecified atom stereocenters. The summed E-state index contributed by atoms with van der Waals surface area (Å²) in [4.78, 5) is 30.7. The topological polar surface area (TPSA) is 155 Å². The zero-order valence-corrected chi connectivity index (χ0v) is 26.2. The Morgan fingerprint density at radius 3 is 1.88 bits per heavy atom. The van der Waals surface area contributed by atoms with Crippen molar-refractivity contribution >= 4 is 11.8 Å². The van der Waals surface area contributed by atoms with Gasteiger partial charge in [-0.3, -0.25) is 4.57 Å². The summed E-state index contributed by atoms with van der Waals surface area (Å²) in [6.07, 6.45) is -5.20. The number of rotatable bonds is 10. The van der Waals surface area contributed by atoms with Gasteiger partial charge < -0.3 is 34.9 Å². The molecule has 0 aliphatic carbocycles. The Morgan fingerprint density at radius 1 is 0.833 bits per heavy atom. The standard InChI is InChI=1S/C37H34N3O8/c1-45-27-17-13-25(14-18-27)37(24-11-7-4-8-12-24,26-15-19-28(46-2)20-16-26)33(48-35(43)23-9-5-3-6-10-23)32-30(41)31(42)34(47-32)40-22-21-29(38)39-36(40)44/h3-22,31-34,41-42H,1-2H3,(H2,38,39,44)/t31-,32+,33?,34-/m1/s1. The number of carbonyl (C=O) groups excluding carboxylic acids is 1. The van der Waals surface area contributed by atoms with Crippen LogP contribution in [0.3, 0.4) is 0 Å². The molecule has 4 atom stereocenters. The molecule has 11 nitrogen and oxygen atoms in total. The van der Waals surface area contributed by atoms with Gasteiger partial charge >= 0.3 is 11.7 Å². The molecular weight excluding hydrogens is 614 g/mol. The average Bonchev–Trinajstić information content (AvgIpc) is 3.42. The van der Waals surface area contributed by atoms with Crippen LogP contribution in [-0.4, -0.2) is 58.3 Å². The van der Waals surface area contributed by atoms with Crippen LogP contribution >= 0.6 is 0 Å². The third-order valence-electron chi connectivity index (χ3n) is 8.54. The molecule has 4 aromatic carbocycles. The van der Waals surface area contributed by atoms with E-state index in [0.29, 0.717) is 28.2 Å². The minimum absolute atomic E-state index is 0.0229. The number of aliphatic hydroxyl groups is 2. The lowest BCUT2D eigenvalue weighted by Crippen LogP contribution is -2.52. The van der Waals surface area contributed by atoms with Gasteiger partial charge in [0.2, 0.25) is 0 Å². The number of nitrogens with two attached hydrogens (primary N) is 1. The Balaban J connectivity index is 1.63. The Hall–Kier alpha value is -5.49. The maximum absolute atomic E-state index is 14.0. The van der Waals surface area contributed by atoms with Crippen LogP contribution in [0.4, 0.5) is 5.82 Å². The van der Waals surface area contributed by atoms with Crippen molar-refractivity contribution in [1.82, 2.24) is 9.55 Å². The van der Waals surface area contributed by atoms with Crippen molar-refractivity contribution in [2.75, 3.05) is 20.0 Å². The second kappa shape index (κ2) is 13.7. The van der Waals surface area contributed by atoms with E-state index in [9.17, 15) is 19.8 Å². The fraction of sp³-hybridized carbons (Fsp3) is 0.189. The second-order valence-corrected chi connectivity index (χ2v) is 11.2. The van der Waals surface area contributed by atoms with E-state index >= 15 is 0 Å². The fourth-order valence-corrected chi connectivity index (χ4v) is 6.21. The van der Waals surface area contributed by atoms with E-state index < -0.39 is 47.7 Å². The molecule has 6 rings (SSSR count). The highest BCUT2D eigenvalue weighted by atomic mass is 16.6. The molecule has 0 spiro atoms. The zero-order valence-electron chi connectivity index (χ0n) is 26.2. The van der Waals surface area contributed by atoms with Crippen LogP contribution in [0.1, 0.15) is 33.3 Å². The van der Waals surface area contributed by atoms with Gasteiger partial charge in [0.15, 0.2) is 12.3 Å². The molecule has 0 saturated carbocycles. The van der Waals surface area contributed by atoms with Gasteiger partial charge in [-0.25, -0.2) is 9.59 Å². The molecular formula is C37H34N3O8. The largest absolute Gasteiger partial charge is 0.497 e. The summed E-state index contributed by atoms with van der Waals surface area (Å²) in [6.45, 7) is 0. The average molecular weight is 649 g/mol. The molecule has 2 heterocycles. The number of ether oxygens (including phenoxy) is 4. The summed E-state index contributed by atoms with van der Waals surface area (Å²) in [5.41, 5.74) is 5.72. The van der Waals surface area contributed by atoms with Crippen LogP contribution in [0, 0.1) is 6.10 Å². The number of hydrogen-bond donors (Lipinski definition) is 3. The highest BCUT2D eigenvalue weighted by Gasteiger charge is 2.58. The van der Waals surface area contributed by atoms with Gasteiger partial charge in [-0.05, 0) is 59.2 Å². The van der Waals surface area contributed by atoms with E-state index in [0.717, 1.165) is 4.57 Å². The molecule has 4 N–H and O–H groups in total. The van der Waals surface area contributed by atoms with E-state index in [2.05, 4.69) is 4.98 Å². The molecule has 11 heteroatoms. The number of aromatic nitrogens is 2. The highest BCUT2D eigenvalue weighted by Crippen LogP contribution is 2.50. The summed E-state index contributed by atoms with van der Waals surface area (Å²) in [5.74, 6) is 0.449. The summed E-state index contributed by atoms with van der Waals surface area (Å²) >= 11 is 0. The smallest absolute Gasteiger partial charge is 0.351 e. The van der Waals surface area contributed by atoms with Crippen LogP contribution < -0.4 is 20.9 Å². The van der Waals surface area contributed by atoms with E-state index in [1.807, 2.05) is 54.6 Å². The number of nitrogens with zero attached hydrogens (tertiary/aromatic N) is 2. The zero-order chi connectivity index (χ0) is 33.8. The monoisotopic (exact) mass is 648 g/mol. The molecule has 1 aliphatic rings. The number of nitrogen functional groups attached to an aromatic ring is 1. The van der Waals surface area contributed by atoms with Crippen molar-refractivity contribution in [3.8, 4) is 11.5 Å². The number of benzene rings is 4. The van der Waals surface area contributed by atoms with Crippen molar-refractivity contribution in [1.29, 1.82) is 0 Å². The van der Waals surface area contributed by atoms with E-state index in [-0.39, 0.29) is 11.4 Å². The Labute approximate surface area is 276 Å². The molecule has 5 aromatic rings. The highest BCUT2D eigenvalue weighted by molar-refractivity contribution is 5.89. The van der Waals surface area contributed by atoms with Crippen molar-refractivity contribution in [2.45, 2.75) is 30.0 Å². The van der Waals surface area contributed by atoms with Gasteiger partial charge in [0.1, 0.15) is 35.6 Å². The van der Waals surface area contributed by atoms with Crippen molar-refractivity contribution in [2.24, 2.45) is 0 Å². The minimum Gasteiger partial charge on any atom is -0.497 e. The van der Waals surface area contributed by atoms with E-state index in [1.54, 1.807) is 68.8 Å². The second-order valence-electron chi connectivity index (χ2n) is 11.2. The molecule has 1 saturated heterocycles. The lowest BCUT2D eigenvalue weighted by molar-refractivity contribution is -0.0968. The maximum atomic E-state index is 14.0. The van der Waals surface area contributed by atoms with Gasteiger partial charge in [-0.15, -0.1) is 0 Å². The summed E-state index contributed by atoms with van der Waals surface area (Å²) in [5, 5.41) is 23.1. The van der Waals surface area contributed by atoms with Crippen LogP contribution in [0.2, 0.25) is 0 Å². The molecule has 0 amide bonds. The predicted molar refractivity (Wildman–Crippen MR) is 176 cm³/mol. The van der Waals surface area contributed by atoms with Crippen LogP contribution in [-0.2, 0) is 14.9 Å². The van der Waals surface area contributed by atoms with Crippen LogP contribution in [0.15, 0.2) is 126 Å². The first-order chi connectivity index (χ1) is 23.3. The maximum Gasteiger partial charge on any atom is 0.351 e. The number of methoxy groups -OCH3 is 2. The van der Waals surface area contributed by atoms with Crippen molar-refractivity contribution in [3.63, 3.8) is 0 Å². The Kier molecular flexibility index (Phi) is 9.26. The molecule has 1 radical (unpaired) electrons. The molecule has 1 aliphatic heterocycles. The number of esters is 1. The van der Waals surface area contributed by atoms with Gasteiger partial charge in [0, 0.05) is 6.20 Å². The Morgan fingerprint density at radius 2 is 1.35 bits per heavy atom. The van der Waals surface area contributed by atoms with Gasteiger partial charge in [0.25, 0.3) is 0 Å². The molecule has 1 aromatic heterocycles. The molecule has 245 valence electrons. The van der Waals surface area contributed by atoms with Crippen LogP contribution in [0.5, 0.6) is 11.5 Å². The minimum atomic E-state index is -1.70. The van der Waals surface area contributed by atoms with E-state index in [1.165, 1.54) is 12.3 Å². The molecule has 0 bridgehead atoms. The van der Waals surface area contributed by atoms with Gasteiger partial charge in [-0.1, -0.05) is 72.8 Å². The van der Waals surface area contributed by atoms with Crippen molar-refractivity contribution in [3.05, 3.63) is 160 Å². The third-order valence-corrected chi connectivity index (χ3v) is 8.54. The first-order valence-electron chi connectivity index (χ1n) is 15.1. The van der Waals surface area contributed by atoms with Gasteiger partial charge in [-0.2, -0.15) is 4.98 Å². The van der Waals surface area contributed by atoms with E-state index in [4.69, 9.17) is 24.7 Å². The number of hydrogen-bond acceptors (Lipinski definition) is 10. The SMILES string of the molecule is COc1ccc(C(c2ccccc2)(c2ccc(OC)cc2)C(OC(=O)c2ccccc2)[C@H]2O[C@@H](n3ccc(N)nc3=O)[C@H](O)[C]2O)cc1. The molecule has 48 heavy (non-hydrogen) atoms. The lowest BCUT2D eigenvalue weighted by Gasteiger charge is -2.44.